The molecule has 0 spiro atoms. The van der Waals surface area contributed by atoms with Crippen LogP contribution in [0.3, 0.4) is 0 Å². The molecule has 3 heteroatoms. The smallest absolute Gasteiger partial charge is 0.240 e. The van der Waals surface area contributed by atoms with Crippen LogP contribution < -0.4 is 0 Å². The molecule has 1 aliphatic heterocycles. The predicted molar refractivity (Wildman–Crippen MR) is 49.1 cm³/mol. The monoisotopic (exact) mass is 191 g/mol. The van der Waals surface area contributed by atoms with Crippen LogP contribution in [0.1, 0.15) is 25.0 Å². The third-order valence-electron chi connectivity index (χ3n) is 2.77. The first-order chi connectivity index (χ1) is 6.49. The molecule has 72 valence electrons. The van der Waals surface area contributed by atoms with E-state index in [2.05, 4.69) is 0 Å². The number of alkyl halides is 1. The fourth-order valence-electron chi connectivity index (χ4n) is 1.54. The number of nitriles is 1. The Hall–Kier alpha value is -1.40. The highest BCUT2D eigenvalue weighted by Gasteiger charge is 2.66. The third-order valence-corrected chi connectivity index (χ3v) is 2.77. The molecule has 2 unspecified atom stereocenters. The Labute approximate surface area is 81.9 Å². The maximum Gasteiger partial charge on any atom is 0.240 e. The first-order valence-electron chi connectivity index (χ1n) is 4.39. The number of hydrogen-bond donors (Lipinski definition) is 0. The molecule has 1 heterocycles. The van der Waals surface area contributed by atoms with Crippen LogP contribution in [0, 0.1) is 11.3 Å². The highest BCUT2D eigenvalue weighted by atomic mass is 19.2. The molecular weight excluding hydrogens is 181 g/mol. The first kappa shape index (κ1) is 9.17. The summed E-state index contributed by atoms with van der Waals surface area (Å²) >= 11 is 0. The zero-order chi connectivity index (χ0) is 10.4. The Bertz CT molecular complexity index is 404. The van der Waals surface area contributed by atoms with Crippen molar-refractivity contribution in [3.63, 3.8) is 0 Å². The molecule has 0 bridgehead atoms. The summed E-state index contributed by atoms with van der Waals surface area (Å²) in [5.41, 5.74) is 0.487. The fraction of sp³-hybridized carbons (Fsp3) is 0.364. The average molecular weight is 191 g/mol. The lowest BCUT2D eigenvalue weighted by atomic mass is 9.96. The van der Waals surface area contributed by atoms with E-state index in [1.54, 1.807) is 31.2 Å². The van der Waals surface area contributed by atoms with E-state index in [0.717, 1.165) is 5.56 Å². The summed E-state index contributed by atoms with van der Waals surface area (Å²) in [4.78, 5) is 0. The Balaban J connectivity index is 2.33. The zero-order valence-corrected chi connectivity index (χ0v) is 8.04. The summed E-state index contributed by atoms with van der Waals surface area (Å²) in [5.74, 6) is -1.58. The summed E-state index contributed by atoms with van der Waals surface area (Å²) in [6.07, 6.45) is 0. The number of hydrogen-bond acceptors (Lipinski definition) is 2. The minimum atomic E-state index is -1.58. The Morgan fingerprint density at radius 2 is 1.79 bits per heavy atom. The lowest BCUT2D eigenvalue weighted by Gasteiger charge is -2.06. The molecule has 2 rings (SSSR count). The van der Waals surface area contributed by atoms with Crippen molar-refractivity contribution in [2.24, 2.45) is 0 Å². The van der Waals surface area contributed by atoms with E-state index < -0.39 is 11.5 Å². The van der Waals surface area contributed by atoms with Crippen LogP contribution in [0.15, 0.2) is 24.3 Å². The van der Waals surface area contributed by atoms with E-state index in [1.165, 1.54) is 6.92 Å². The second kappa shape index (κ2) is 2.55. The minimum Gasteiger partial charge on any atom is -0.326 e. The van der Waals surface area contributed by atoms with Gasteiger partial charge in [-0.2, -0.15) is 5.26 Å². The zero-order valence-electron chi connectivity index (χ0n) is 8.04. The first-order valence-corrected chi connectivity index (χ1v) is 4.39. The summed E-state index contributed by atoms with van der Waals surface area (Å²) in [6, 6.07) is 8.79. The van der Waals surface area contributed by atoms with Gasteiger partial charge in [-0.15, -0.1) is 0 Å². The molecule has 0 saturated carbocycles. The molecule has 1 fully saturated rings. The minimum absolute atomic E-state index is 0.568. The largest absolute Gasteiger partial charge is 0.326 e. The number of benzene rings is 1. The summed E-state index contributed by atoms with van der Waals surface area (Å²) < 4.78 is 18.4. The lowest BCUT2D eigenvalue weighted by molar-refractivity contribution is 0.160. The molecule has 0 radical (unpaired) electrons. The summed E-state index contributed by atoms with van der Waals surface area (Å²) in [7, 11) is 0. The van der Waals surface area contributed by atoms with E-state index in [1.807, 2.05) is 6.07 Å². The van der Waals surface area contributed by atoms with Gasteiger partial charge in [0.15, 0.2) is 5.60 Å². The Kier molecular flexibility index (Phi) is 1.67. The van der Waals surface area contributed by atoms with Gasteiger partial charge in [0.05, 0.1) is 11.6 Å². The quantitative estimate of drug-likeness (QED) is 0.639. The van der Waals surface area contributed by atoms with Crippen molar-refractivity contribution in [3.05, 3.63) is 35.4 Å². The van der Waals surface area contributed by atoms with Crippen LogP contribution in [0.2, 0.25) is 0 Å². The van der Waals surface area contributed by atoms with E-state index in [4.69, 9.17) is 10.00 Å². The van der Waals surface area contributed by atoms with E-state index in [0.29, 0.717) is 5.56 Å². The molecule has 1 saturated heterocycles. The van der Waals surface area contributed by atoms with Gasteiger partial charge in [-0.1, -0.05) is 12.1 Å². The van der Waals surface area contributed by atoms with E-state index in [9.17, 15) is 4.39 Å². The van der Waals surface area contributed by atoms with Gasteiger partial charge in [0.1, 0.15) is 0 Å². The topological polar surface area (TPSA) is 36.3 Å². The number of rotatable bonds is 1. The lowest BCUT2D eigenvalue weighted by Crippen LogP contribution is -2.12. The van der Waals surface area contributed by atoms with Gasteiger partial charge in [-0.05, 0) is 31.5 Å². The van der Waals surface area contributed by atoms with Gasteiger partial charge >= 0.3 is 0 Å². The number of halogens is 1. The number of nitrogens with zero attached hydrogens (tertiary/aromatic N) is 1. The molecule has 1 aromatic carbocycles. The molecule has 0 aromatic heterocycles. The summed E-state index contributed by atoms with van der Waals surface area (Å²) in [6.45, 7) is 3.11. The van der Waals surface area contributed by atoms with Crippen LogP contribution in [-0.4, -0.2) is 5.85 Å². The molecule has 1 aliphatic rings. The summed E-state index contributed by atoms with van der Waals surface area (Å²) in [5, 5.41) is 8.59. The SMILES string of the molecule is CC1(F)OC1(C)c1ccc(C#N)cc1. The molecule has 0 amide bonds. The van der Waals surface area contributed by atoms with Crippen molar-refractivity contribution < 1.29 is 9.13 Å². The molecule has 0 aliphatic carbocycles. The van der Waals surface area contributed by atoms with Crippen molar-refractivity contribution in [1.29, 1.82) is 5.26 Å². The molecular formula is C11H10FNO. The Morgan fingerprint density at radius 1 is 1.29 bits per heavy atom. The molecule has 14 heavy (non-hydrogen) atoms. The third kappa shape index (κ3) is 1.11. The molecule has 1 aromatic rings. The fourth-order valence-corrected chi connectivity index (χ4v) is 1.54. The molecule has 2 nitrogen and oxygen atoms in total. The molecule has 2 atom stereocenters. The number of epoxide rings is 1. The van der Waals surface area contributed by atoms with Crippen LogP contribution >= 0.6 is 0 Å². The van der Waals surface area contributed by atoms with Gasteiger partial charge in [0, 0.05) is 0 Å². The second-order valence-corrected chi connectivity index (χ2v) is 3.74. The highest BCUT2D eigenvalue weighted by Crippen LogP contribution is 2.56. The average Bonchev–Trinajstić information content (AvgIpc) is 2.68. The van der Waals surface area contributed by atoms with E-state index >= 15 is 0 Å². The maximum absolute atomic E-state index is 13.4. The number of ether oxygens (including phenoxy) is 1. The second-order valence-electron chi connectivity index (χ2n) is 3.74. The van der Waals surface area contributed by atoms with Crippen LogP contribution in [0.4, 0.5) is 4.39 Å². The van der Waals surface area contributed by atoms with Crippen LogP contribution in [0.25, 0.3) is 0 Å². The van der Waals surface area contributed by atoms with Crippen LogP contribution in [-0.2, 0) is 10.3 Å². The van der Waals surface area contributed by atoms with Crippen molar-refractivity contribution in [2.75, 3.05) is 0 Å². The molecule has 0 N–H and O–H groups in total. The standard InChI is InChI=1S/C11H10FNO/c1-10(11(2,12)14-10)9-5-3-8(7-13)4-6-9/h3-6H,1-2H3. The van der Waals surface area contributed by atoms with E-state index in [-0.39, 0.29) is 0 Å². The van der Waals surface area contributed by atoms with Gasteiger partial charge in [0.25, 0.3) is 0 Å². The van der Waals surface area contributed by atoms with Crippen LogP contribution in [0.5, 0.6) is 0 Å². The predicted octanol–water partition coefficient (Wildman–Crippen LogP) is 2.49. The van der Waals surface area contributed by atoms with Crippen molar-refractivity contribution in [3.8, 4) is 6.07 Å². The van der Waals surface area contributed by atoms with Crippen molar-refractivity contribution in [1.82, 2.24) is 0 Å². The van der Waals surface area contributed by atoms with Gasteiger partial charge in [-0.25, -0.2) is 4.39 Å². The van der Waals surface area contributed by atoms with Gasteiger partial charge in [-0.3, -0.25) is 0 Å². The van der Waals surface area contributed by atoms with Gasteiger partial charge in [0.2, 0.25) is 5.85 Å². The highest BCUT2D eigenvalue weighted by molar-refractivity contribution is 5.37. The Morgan fingerprint density at radius 3 is 2.14 bits per heavy atom. The van der Waals surface area contributed by atoms with Crippen molar-refractivity contribution >= 4 is 0 Å². The normalized spacial score (nSPS) is 35.0. The maximum atomic E-state index is 13.4. The van der Waals surface area contributed by atoms with Gasteiger partial charge < -0.3 is 4.74 Å². The van der Waals surface area contributed by atoms with Crippen molar-refractivity contribution in [2.45, 2.75) is 25.3 Å².